The zero-order valence-corrected chi connectivity index (χ0v) is 15.4. The van der Waals surface area contributed by atoms with Crippen LogP contribution < -0.4 is 0 Å². The molecule has 2 aromatic carbocycles. The van der Waals surface area contributed by atoms with Crippen LogP contribution in [0.4, 0.5) is 4.79 Å². The molecule has 3 aliphatic heterocycles. The molecule has 1 atom stereocenters. The maximum absolute atomic E-state index is 12.1. The summed E-state index contributed by atoms with van der Waals surface area (Å²) in [5.74, 6) is -0.247. The van der Waals surface area contributed by atoms with E-state index >= 15 is 0 Å². The van der Waals surface area contributed by atoms with E-state index in [1.165, 1.54) is 5.56 Å². The summed E-state index contributed by atoms with van der Waals surface area (Å²) in [7, 11) is 1.79. The minimum absolute atomic E-state index is 0.225. The maximum atomic E-state index is 12.1. The van der Waals surface area contributed by atoms with Gasteiger partial charge in [-0.2, -0.15) is 0 Å². The minimum Gasteiger partial charge on any atom is -0.457 e. The van der Waals surface area contributed by atoms with Crippen molar-refractivity contribution in [3.8, 4) is 0 Å². The number of hydrogen-bond donors (Lipinski definition) is 0. The van der Waals surface area contributed by atoms with Crippen molar-refractivity contribution in [2.24, 2.45) is 0 Å². The van der Waals surface area contributed by atoms with Gasteiger partial charge in [0, 0.05) is 25.5 Å². The van der Waals surface area contributed by atoms with Crippen LogP contribution in [0.15, 0.2) is 30.3 Å². The van der Waals surface area contributed by atoms with E-state index in [0.29, 0.717) is 18.7 Å². The average Bonchev–Trinajstić information content (AvgIpc) is 2.92. The van der Waals surface area contributed by atoms with E-state index in [1.807, 2.05) is 12.1 Å². The van der Waals surface area contributed by atoms with Gasteiger partial charge in [0.25, 0.3) is 0 Å². The van der Waals surface area contributed by atoms with Gasteiger partial charge in [-0.3, -0.25) is 4.90 Å². The fraction of sp³-hybridized carbons (Fsp3) is 0.429. The van der Waals surface area contributed by atoms with Gasteiger partial charge in [-0.05, 0) is 42.0 Å². The lowest BCUT2D eigenvalue weighted by Crippen LogP contribution is -2.50. The molecule has 1 unspecified atom stereocenters. The summed E-state index contributed by atoms with van der Waals surface area (Å²) in [6.45, 7) is 3.49. The van der Waals surface area contributed by atoms with Gasteiger partial charge in [-0.25, -0.2) is 9.59 Å². The molecule has 2 saturated heterocycles. The number of cyclic esters (lactones) is 1. The van der Waals surface area contributed by atoms with Crippen molar-refractivity contribution in [2.45, 2.75) is 31.6 Å². The molecule has 0 radical (unpaired) electrons. The van der Waals surface area contributed by atoms with Crippen molar-refractivity contribution in [1.29, 1.82) is 0 Å². The molecular weight excluding hydrogens is 344 g/mol. The number of carbonyl (C=O) groups excluding carboxylic acids is 2. The fourth-order valence-corrected chi connectivity index (χ4v) is 4.76. The number of amides is 1. The summed E-state index contributed by atoms with van der Waals surface area (Å²) in [6.07, 6.45) is 1.70. The number of likely N-dealkylation sites (tertiary alicyclic amines) is 1. The standard InChI is InChI=1S/C21H22N2O4/c1-22-12-21(27-20(22)25)8-3-9-23(13-21)10-14-6-7-15-11-26-19(24)17-5-2-4-16(14)18(15)17/h2,4-7H,3,8-13H2,1H3. The lowest BCUT2D eigenvalue weighted by atomic mass is 9.91. The van der Waals surface area contributed by atoms with Gasteiger partial charge in [-0.1, -0.05) is 24.3 Å². The Bertz CT molecular complexity index is 957. The molecule has 6 nitrogen and oxygen atoms in total. The molecule has 0 aliphatic carbocycles. The summed E-state index contributed by atoms with van der Waals surface area (Å²) in [5, 5.41) is 2.13. The summed E-state index contributed by atoms with van der Waals surface area (Å²) in [6, 6.07) is 10.0. The minimum atomic E-state index is -0.389. The Kier molecular flexibility index (Phi) is 3.65. The predicted molar refractivity (Wildman–Crippen MR) is 99.4 cm³/mol. The number of benzene rings is 2. The van der Waals surface area contributed by atoms with Crippen molar-refractivity contribution in [3.63, 3.8) is 0 Å². The highest BCUT2D eigenvalue weighted by molar-refractivity contribution is 6.08. The van der Waals surface area contributed by atoms with E-state index in [0.717, 1.165) is 48.8 Å². The first-order valence-corrected chi connectivity index (χ1v) is 9.42. The molecule has 140 valence electrons. The lowest BCUT2D eigenvalue weighted by Gasteiger charge is -2.38. The van der Waals surface area contributed by atoms with Gasteiger partial charge in [0.05, 0.1) is 12.1 Å². The number of hydrogen-bond acceptors (Lipinski definition) is 5. The molecule has 27 heavy (non-hydrogen) atoms. The van der Waals surface area contributed by atoms with Crippen LogP contribution >= 0.6 is 0 Å². The quantitative estimate of drug-likeness (QED) is 0.765. The van der Waals surface area contributed by atoms with E-state index < -0.39 is 0 Å². The van der Waals surface area contributed by atoms with Gasteiger partial charge in [0.2, 0.25) is 0 Å². The third-order valence-corrected chi connectivity index (χ3v) is 5.95. The van der Waals surface area contributed by atoms with Crippen molar-refractivity contribution in [1.82, 2.24) is 9.80 Å². The van der Waals surface area contributed by atoms with Crippen LogP contribution in [0.1, 0.15) is 34.3 Å². The maximum Gasteiger partial charge on any atom is 0.410 e. The molecule has 2 fully saturated rings. The molecule has 3 heterocycles. The largest absolute Gasteiger partial charge is 0.457 e. The topological polar surface area (TPSA) is 59.1 Å². The summed E-state index contributed by atoms with van der Waals surface area (Å²) < 4.78 is 11.0. The Morgan fingerprint density at radius 2 is 2.04 bits per heavy atom. The van der Waals surface area contributed by atoms with Crippen molar-refractivity contribution in [3.05, 3.63) is 47.0 Å². The second kappa shape index (κ2) is 5.96. The van der Waals surface area contributed by atoms with Crippen LogP contribution in [0.2, 0.25) is 0 Å². The number of rotatable bonds is 2. The normalized spacial score (nSPS) is 25.1. The number of piperidine rings is 1. The van der Waals surface area contributed by atoms with Gasteiger partial charge in [0.1, 0.15) is 12.2 Å². The number of carbonyl (C=O) groups is 2. The molecule has 0 aromatic heterocycles. The summed E-state index contributed by atoms with van der Waals surface area (Å²) in [4.78, 5) is 28.0. The Labute approximate surface area is 157 Å². The van der Waals surface area contributed by atoms with E-state index in [9.17, 15) is 9.59 Å². The molecule has 1 spiro atoms. The van der Waals surface area contributed by atoms with E-state index in [2.05, 4.69) is 23.1 Å². The van der Waals surface area contributed by atoms with Crippen LogP contribution in [-0.4, -0.2) is 54.1 Å². The molecular formula is C21H22N2O4. The van der Waals surface area contributed by atoms with Crippen molar-refractivity contribution in [2.75, 3.05) is 26.7 Å². The van der Waals surface area contributed by atoms with E-state index in [1.54, 1.807) is 11.9 Å². The Hall–Kier alpha value is -2.60. The van der Waals surface area contributed by atoms with E-state index in [4.69, 9.17) is 9.47 Å². The summed E-state index contributed by atoms with van der Waals surface area (Å²) >= 11 is 0. The smallest absolute Gasteiger partial charge is 0.410 e. The second-order valence-corrected chi connectivity index (χ2v) is 7.91. The first-order chi connectivity index (χ1) is 13.0. The molecule has 0 saturated carbocycles. The molecule has 6 heteroatoms. The van der Waals surface area contributed by atoms with Gasteiger partial charge in [-0.15, -0.1) is 0 Å². The van der Waals surface area contributed by atoms with Gasteiger partial charge < -0.3 is 14.4 Å². The molecule has 5 rings (SSSR count). The Balaban J connectivity index is 1.46. The Morgan fingerprint density at radius 3 is 2.85 bits per heavy atom. The van der Waals surface area contributed by atoms with E-state index in [-0.39, 0.29) is 17.7 Å². The lowest BCUT2D eigenvalue weighted by molar-refractivity contribution is -0.0112. The number of ether oxygens (including phenoxy) is 2. The number of esters is 1. The third kappa shape index (κ3) is 2.67. The SMILES string of the molecule is CN1CC2(CCCN(Cc3ccc4c5c(cccc35)C(=O)OC4)C2)OC1=O. The fourth-order valence-electron chi connectivity index (χ4n) is 4.76. The van der Waals surface area contributed by atoms with Crippen LogP contribution in [0.3, 0.4) is 0 Å². The molecule has 1 amide bonds. The van der Waals surface area contributed by atoms with Crippen LogP contribution in [0.25, 0.3) is 10.8 Å². The van der Waals surface area contributed by atoms with Gasteiger partial charge in [0.15, 0.2) is 0 Å². The van der Waals surface area contributed by atoms with Crippen LogP contribution in [-0.2, 0) is 22.6 Å². The average molecular weight is 366 g/mol. The van der Waals surface area contributed by atoms with Crippen LogP contribution in [0, 0.1) is 0 Å². The Morgan fingerprint density at radius 1 is 1.15 bits per heavy atom. The second-order valence-electron chi connectivity index (χ2n) is 7.91. The molecule has 2 aromatic rings. The molecule has 0 bridgehead atoms. The third-order valence-electron chi connectivity index (χ3n) is 5.95. The van der Waals surface area contributed by atoms with Crippen LogP contribution in [0.5, 0.6) is 0 Å². The highest BCUT2D eigenvalue weighted by atomic mass is 16.6. The first-order valence-electron chi connectivity index (χ1n) is 9.42. The molecule has 0 N–H and O–H groups in total. The summed E-state index contributed by atoms with van der Waals surface area (Å²) in [5.41, 5.74) is 2.52. The predicted octanol–water partition coefficient (Wildman–Crippen LogP) is 2.93. The number of likely N-dealkylation sites (N-methyl/N-ethyl adjacent to an activating group) is 1. The van der Waals surface area contributed by atoms with Gasteiger partial charge >= 0.3 is 12.1 Å². The first kappa shape index (κ1) is 16.6. The van der Waals surface area contributed by atoms with Crippen molar-refractivity contribution >= 4 is 22.8 Å². The zero-order chi connectivity index (χ0) is 18.6. The molecule has 3 aliphatic rings. The van der Waals surface area contributed by atoms with Crippen molar-refractivity contribution < 1.29 is 19.1 Å². The number of nitrogens with zero attached hydrogens (tertiary/aromatic N) is 2. The highest BCUT2D eigenvalue weighted by Gasteiger charge is 2.46. The zero-order valence-electron chi connectivity index (χ0n) is 15.4. The highest BCUT2D eigenvalue weighted by Crippen LogP contribution is 2.34. The monoisotopic (exact) mass is 366 g/mol.